The lowest BCUT2D eigenvalue weighted by atomic mass is 10.1. The van der Waals surface area contributed by atoms with Crippen LogP contribution in [0.3, 0.4) is 0 Å². The summed E-state index contributed by atoms with van der Waals surface area (Å²) < 4.78 is 0. The molecule has 3 rings (SSSR count). The number of ketones is 1. The Hall–Kier alpha value is -2.93. The molecule has 0 spiro atoms. The normalized spacial score (nSPS) is 18.1. The van der Waals surface area contributed by atoms with Gasteiger partial charge >= 0.3 is 0 Å². The van der Waals surface area contributed by atoms with Gasteiger partial charge in [0.15, 0.2) is 11.0 Å². The van der Waals surface area contributed by atoms with Gasteiger partial charge < -0.3 is 10.2 Å². The van der Waals surface area contributed by atoms with Gasteiger partial charge in [-0.1, -0.05) is 54.2 Å². The van der Waals surface area contributed by atoms with Gasteiger partial charge in [-0.3, -0.25) is 9.59 Å². The average molecular weight is 380 g/mol. The van der Waals surface area contributed by atoms with Gasteiger partial charge in [0, 0.05) is 31.8 Å². The van der Waals surface area contributed by atoms with E-state index in [0.717, 1.165) is 11.3 Å². The second-order valence-electron chi connectivity index (χ2n) is 6.22. The second kappa shape index (κ2) is 8.64. The number of nitrogens with zero attached hydrogens (tertiary/aromatic N) is 3. The number of amides is 1. The third-order valence-electron chi connectivity index (χ3n) is 4.01. The van der Waals surface area contributed by atoms with Crippen LogP contribution in [-0.4, -0.2) is 42.4 Å². The van der Waals surface area contributed by atoms with Crippen LogP contribution >= 0.6 is 11.8 Å². The van der Waals surface area contributed by atoms with Gasteiger partial charge in [-0.25, -0.2) is 0 Å². The van der Waals surface area contributed by atoms with Gasteiger partial charge in [0.25, 0.3) is 0 Å². The minimum absolute atomic E-state index is 0.0611. The van der Waals surface area contributed by atoms with E-state index in [-0.39, 0.29) is 18.1 Å². The monoisotopic (exact) mass is 380 g/mol. The molecule has 1 fully saturated rings. The van der Waals surface area contributed by atoms with Crippen LogP contribution in [0, 0.1) is 0 Å². The smallest absolute Gasteiger partial charge is 0.240 e. The molecule has 1 aliphatic heterocycles. The van der Waals surface area contributed by atoms with Crippen molar-refractivity contribution < 1.29 is 9.59 Å². The molecule has 138 valence electrons. The molecule has 1 N–H and O–H groups in total. The molecular weight excluding hydrogens is 360 g/mol. The molecule has 1 aliphatic rings. The van der Waals surface area contributed by atoms with Crippen molar-refractivity contribution in [1.29, 1.82) is 0 Å². The molecule has 0 saturated carbocycles. The zero-order valence-electron chi connectivity index (χ0n) is 15.1. The fourth-order valence-electron chi connectivity index (χ4n) is 2.50. The van der Waals surface area contributed by atoms with Crippen molar-refractivity contribution in [3.63, 3.8) is 0 Å². The van der Waals surface area contributed by atoms with Crippen LogP contribution in [0.2, 0.25) is 0 Å². The molecule has 0 bridgehead atoms. The van der Waals surface area contributed by atoms with E-state index >= 15 is 0 Å². The van der Waals surface area contributed by atoms with Crippen LogP contribution in [-0.2, 0) is 4.79 Å². The first-order valence-corrected chi connectivity index (χ1v) is 9.35. The summed E-state index contributed by atoms with van der Waals surface area (Å²) in [4.78, 5) is 26.3. The Bertz CT molecular complexity index is 877. The van der Waals surface area contributed by atoms with Crippen molar-refractivity contribution in [3.05, 3.63) is 65.7 Å². The highest BCUT2D eigenvalue weighted by Gasteiger charge is 2.32. The topological polar surface area (TPSA) is 74.1 Å². The lowest BCUT2D eigenvalue weighted by Gasteiger charge is -2.11. The first kappa shape index (κ1) is 18.8. The third kappa shape index (κ3) is 5.04. The first-order chi connectivity index (χ1) is 13.0. The predicted molar refractivity (Wildman–Crippen MR) is 111 cm³/mol. The molecule has 1 saturated heterocycles. The Morgan fingerprint density at radius 3 is 2.52 bits per heavy atom. The van der Waals surface area contributed by atoms with E-state index in [1.807, 2.05) is 61.5 Å². The number of hydrogen-bond donors (Lipinski definition) is 1. The molecule has 1 heterocycles. The Morgan fingerprint density at radius 2 is 1.85 bits per heavy atom. The molecule has 27 heavy (non-hydrogen) atoms. The van der Waals surface area contributed by atoms with Crippen molar-refractivity contribution in [2.45, 2.75) is 11.7 Å². The highest BCUT2D eigenvalue weighted by atomic mass is 32.2. The molecule has 0 radical (unpaired) electrons. The van der Waals surface area contributed by atoms with Gasteiger partial charge in [0.1, 0.15) is 0 Å². The molecule has 0 aromatic heterocycles. The molecule has 1 amide bonds. The third-order valence-corrected chi connectivity index (χ3v) is 5.08. The number of carbonyl (C=O) groups is 2. The summed E-state index contributed by atoms with van der Waals surface area (Å²) in [5.74, 6) is -0.275. The summed E-state index contributed by atoms with van der Waals surface area (Å²) in [6.07, 6.45) is 1.76. The van der Waals surface area contributed by atoms with Gasteiger partial charge in [0.2, 0.25) is 5.91 Å². The van der Waals surface area contributed by atoms with E-state index in [2.05, 4.69) is 15.5 Å². The summed E-state index contributed by atoms with van der Waals surface area (Å²) in [7, 11) is 3.96. The summed E-state index contributed by atoms with van der Waals surface area (Å²) >= 11 is 1.23. The predicted octanol–water partition coefficient (Wildman–Crippen LogP) is 2.95. The Labute approximate surface area is 162 Å². The number of nitrogens with one attached hydrogen (secondary N) is 1. The van der Waals surface area contributed by atoms with Crippen LogP contribution in [0.15, 0.2) is 64.8 Å². The number of anilines is 1. The molecule has 1 unspecified atom stereocenters. The van der Waals surface area contributed by atoms with Crippen molar-refractivity contribution in [1.82, 2.24) is 5.32 Å². The number of carbonyl (C=O) groups excluding carboxylic acids is 2. The van der Waals surface area contributed by atoms with Crippen molar-refractivity contribution in [2.24, 2.45) is 10.2 Å². The maximum Gasteiger partial charge on any atom is 0.240 e. The number of rotatable bonds is 6. The number of hydrogen-bond acceptors (Lipinski definition) is 6. The minimum atomic E-state index is -0.481. The van der Waals surface area contributed by atoms with E-state index in [1.165, 1.54) is 11.8 Å². The van der Waals surface area contributed by atoms with Gasteiger partial charge in [0.05, 0.1) is 11.5 Å². The Kier molecular flexibility index (Phi) is 6.03. The minimum Gasteiger partial charge on any atom is -0.378 e. The summed E-state index contributed by atoms with van der Waals surface area (Å²) in [6, 6.07) is 16.8. The fourth-order valence-corrected chi connectivity index (χ4v) is 3.43. The Balaban J connectivity index is 1.58. The van der Waals surface area contributed by atoms with Gasteiger partial charge in [-0.05, 0) is 17.7 Å². The number of thioether (sulfide) groups is 1. The van der Waals surface area contributed by atoms with E-state index in [0.29, 0.717) is 10.7 Å². The SMILES string of the molecule is CN(C)c1ccc(/C=N/N=C2/NC(=O)C(CC(=O)c3ccccc3)S2)cc1. The maximum absolute atomic E-state index is 12.3. The van der Waals surface area contributed by atoms with Crippen molar-refractivity contribution in [2.75, 3.05) is 19.0 Å². The van der Waals surface area contributed by atoms with E-state index in [4.69, 9.17) is 0 Å². The van der Waals surface area contributed by atoms with Crippen LogP contribution in [0.5, 0.6) is 0 Å². The van der Waals surface area contributed by atoms with Crippen molar-refractivity contribution in [3.8, 4) is 0 Å². The highest BCUT2D eigenvalue weighted by molar-refractivity contribution is 8.15. The second-order valence-corrected chi connectivity index (χ2v) is 7.42. The zero-order valence-corrected chi connectivity index (χ0v) is 15.9. The fraction of sp³-hybridized carbons (Fsp3) is 0.200. The van der Waals surface area contributed by atoms with E-state index in [9.17, 15) is 9.59 Å². The molecule has 2 aromatic carbocycles. The zero-order chi connectivity index (χ0) is 19.2. The van der Waals surface area contributed by atoms with Crippen LogP contribution in [0.1, 0.15) is 22.3 Å². The Morgan fingerprint density at radius 1 is 1.15 bits per heavy atom. The van der Waals surface area contributed by atoms with E-state index < -0.39 is 5.25 Å². The van der Waals surface area contributed by atoms with Gasteiger partial charge in [-0.2, -0.15) is 5.10 Å². The summed E-state index contributed by atoms with van der Waals surface area (Å²) in [6.45, 7) is 0. The highest BCUT2D eigenvalue weighted by Crippen LogP contribution is 2.24. The van der Waals surface area contributed by atoms with Crippen LogP contribution in [0.25, 0.3) is 0 Å². The number of benzene rings is 2. The maximum atomic E-state index is 12.3. The van der Waals surface area contributed by atoms with Crippen LogP contribution < -0.4 is 10.2 Å². The standard InChI is InChI=1S/C20H20N4O2S/c1-24(2)16-10-8-14(9-11-16)13-21-23-20-22-19(26)18(27-20)12-17(25)15-6-4-3-5-7-15/h3-11,13,18H,12H2,1-2H3,(H,22,23,26)/b21-13+. The lowest BCUT2D eigenvalue weighted by Crippen LogP contribution is -2.26. The lowest BCUT2D eigenvalue weighted by molar-refractivity contribution is -0.118. The molecule has 1 atom stereocenters. The van der Waals surface area contributed by atoms with E-state index in [1.54, 1.807) is 18.3 Å². The summed E-state index contributed by atoms with van der Waals surface area (Å²) in [5.41, 5.74) is 2.62. The quantitative estimate of drug-likeness (QED) is 0.475. The summed E-state index contributed by atoms with van der Waals surface area (Å²) in [5, 5.41) is 10.7. The number of amidine groups is 1. The molecular formula is C20H20N4O2S. The largest absolute Gasteiger partial charge is 0.378 e. The average Bonchev–Trinajstić information content (AvgIpc) is 3.02. The van der Waals surface area contributed by atoms with Gasteiger partial charge in [-0.15, -0.1) is 5.10 Å². The van der Waals surface area contributed by atoms with Crippen molar-refractivity contribution >= 4 is 40.5 Å². The van der Waals surface area contributed by atoms with Crippen LogP contribution in [0.4, 0.5) is 5.69 Å². The molecule has 6 nitrogen and oxygen atoms in total. The number of Topliss-reactive ketones (excluding diaryl/α,β-unsaturated/α-hetero) is 1. The molecule has 7 heteroatoms. The molecule has 2 aromatic rings. The first-order valence-electron chi connectivity index (χ1n) is 8.47. The molecule has 0 aliphatic carbocycles.